The van der Waals surface area contributed by atoms with Crippen LogP contribution in [0, 0.1) is 25.5 Å². The van der Waals surface area contributed by atoms with Crippen LogP contribution in [-0.4, -0.2) is 34.5 Å². The van der Waals surface area contributed by atoms with E-state index in [9.17, 15) is 14.0 Å². The zero-order chi connectivity index (χ0) is 30.1. The number of aryl methyl sites for hydroxylation is 2. The number of halogens is 2. The fourth-order valence-corrected chi connectivity index (χ4v) is 4.77. The normalized spacial score (nSPS) is 11.0. The van der Waals surface area contributed by atoms with Crippen molar-refractivity contribution in [3.8, 4) is 34.3 Å². The minimum absolute atomic E-state index is 0.0405. The van der Waals surface area contributed by atoms with Crippen LogP contribution >= 0.6 is 0 Å². The number of hydrogen-bond donors (Lipinski definition) is 0. The summed E-state index contributed by atoms with van der Waals surface area (Å²) < 4.78 is 47.0. The molecule has 0 aliphatic heterocycles. The zero-order valence-corrected chi connectivity index (χ0v) is 23.6. The number of methoxy groups -OCH3 is 2. The van der Waals surface area contributed by atoms with E-state index in [0.717, 1.165) is 0 Å². The van der Waals surface area contributed by atoms with Crippen molar-refractivity contribution in [2.75, 3.05) is 14.2 Å². The van der Waals surface area contributed by atoms with Gasteiger partial charge in [-0.3, -0.25) is 14.6 Å². The summed E-state index contributed by atoms with van der Waals surface area (Å²) in [4.78, 5) is 35.4. The van der Waals surface area contributed by atoms with E-state index in [2.05, 4.69) is 9.97 Å². The molecule has 0 bridgehead atoms. The molecule has 3 heterocycles. The van der Waals surface area contributed by atoms with E-state index in [1.54, 1.807) is 43.7 Å². The zero-order valence-electron chi connectivity index (χ0n) is 23.6. The highest BCUT2D eigenvalue weighted by Crippen LogP contribution is 2.35. The Labute approximate surface area is 240 Å². The van der Waals surface area contributed by atoms with Crippen LogP contribution in [0.5, 0.6) is 23.1 Å². The first-order valence-electron chi connectivity index (χ1n) is 12.9. The van der Waals surface area contributed by atoms with Gasteiger partial charge in [0.05, 0.1) is 25.3 Å². The number of ketones is 1. The first-order chi connectivity index (χ1) is 20.1. The maximum absolute atomic E-state index is 15.2. The van der Waals surface area contributed by atoms with Gasteiger partial charge in [-0.2, -0.15) is 0 Å². The van der Waals surface area contributed by atoms with Gasteiger partial charge < -0.3 is 18.8 Å². The second kappa shape index (κ2) is 11.4. The molecule has 0 N–H and O–H groups in total. The van der Waals surface area contributed by atoms with Crippen LogP contribution in [0.2, 0.25) is 0 Å². The van der Waals surface area contributed by atoms with Crippen molar-refractivity contribution in [1.82, 2.24) is 14.5 Å². The molecule has 0 radical (unpaired) electrons. The van der Waals surface area contributed by atoms with E-state index in [1.165, 1.54) is 56.9 Å². The van der Waals surface area contributed by atoms with Gasteiger partial charge in [-0.1, -0.05) is 12.1 Å². The number of benzene rings is 2. The molecule has 0 spiro atoms. The van der Waals surface area contributed by atoms with Crippen molar-refractivity contribution in [2.24, 2.45) is 7.05 Å². The number of carbonyl (C=O) groups is 1. The number of carbonyl (C=O) groups excluding carboxylic acids is 1. The first kappa shape index (κ1) is 28.4. The first-order valence-corrected chi connectivity index (χ1v) is 12.9. The summed E-state index contributed by atoms with van der Waals surface area (Å²) in [6.45, 7) is 3.46. The topological polar surface area (TPSA) is 92.5 Å². The summed E-state index contributed by atoms with van der Waals surface area (Å²) in [7, 11) is 4.66. The molecule has 0 aliphatic rings. The predicted molar refractivity (Wildman–Crippen MR) is 154 cm³/mol. The predicted octanol–water partition coefficient (Wildman–Crippen LogP) is 6.13. The Hall–Kier alpha value is -5.12. The molecule has 0 unspecified atom stereocenters. The van der Waals surface area contributed by atoms with Gasteiger partial charge in [0.15, 0.2) is 34.3 Å². The molecule has 214 valence electrons. The monoisotopic (exact) mass is 571 g/mol. The van der Waals surface area contributed by atoms with E-state index in [0.29, 0.717) is 44.7 Å². The molecule has 5 aromatic rings. The molecule has 0 atom stereocenters. The Bertz CT molecular complexity index is 1920. The number of pyridine rings is 3. The lowest BCUT2D eigenvalue weighted by atomic mass is 9.95. The van der Waals surface area contributed by atoms with Gasteiger partial charge >= 0.3 is 0 Å². The van der Waals surface area contributed by atoms with Gasteiger partial charge in [-0.15, -0.1) is 0 Å². The molecule has 5 rings (SSSR count). The number of hydrogen-bond acceptors (Lipinski definition) is 7. The van der Waals surface area contributed by atoms with Gasteiger partial charge in [0, 0.05) is 49.3 Å². The van der Waals surface area contributed by atoms with Crippen LogP contribution in [0.3, 0.4) is 0 Å². The lowest BCUT2D eigenvalue weighted by Crippen LogP contribution is -2.23. The van der Waals surface area contributed by atoms with E-state index in [1.807, 2.05) is 0 Å². The lowest BCUT2D eigenvalue weighted by Gasteiger charge is -2.15. The fourth-order valence-electron chi connectivity index (χ4n) is 4.77. The maximum atomic E-state index is 15.2. The van der Waals surface area contributed by atoms with Crippen molar-refractivity contribution in [3.05, 3.63) is 105 Å². The Morgan fingerprint density at radius 2 is 1.74 bits per heavy atom. The van der Waals surface area contributed by atoms with E-state index in [-0.39, 0.29) is 29.4 Å². The molecule has 0 amide bonds. The average Bonchev–Trinajstić information content (AvgIpc) is 2.96. The molecule has 0 saturated carbocycles. The van der Waals surface area contributed by atoms with Crippen LogP contribution in [0.15, 0.2) is 65.7 Å². The molecule has 0 aliphatic carbocycles. The highest BCUT2D eigenvalue weighted by atomic mass is 19.1. The Morgan fingerprint density at radius 3 is 2.43 bits per heavy atom. The second-order valence-corrected chi connectivity index (χ2v) is 9.75. The highest BCUT2D eigenvalue weighted by Gasteiger charge is 2.21. The number of aromatic nitrogens is 3. The fraction of sp³-hybridized carbons (Fsp3) is 0.188. The van der Waals surface area contributed by atoms with Crippen molar-refractivity contribution in [3.63, 3.8) is 0 Å². The lowest BCUT2D eigenvalue weighted by molar-refractivity contribution is 0.0991. The minimum atomic E-state index is -0.704. The third-order valence-corrected chi connectivity index (χ3v) is 7.05. The number of nitrogens with zero attached hydrogens (tertiary/aromatic N) is 3. The van der Waals surface area contributed by atoms with Crippen molar-refractivity contribution in [2.45, 2.75) is 20.3 Å². The standard InChI is InChI=1S/C32H27F2N3O5/c1-17-12-20(33)7-8-21(17)29-18(2)37(3)16-22(31(29)39)25(38)14-19-6-9-26(23(34)13-19)42-27-10-11-35-24-15-28(40-4)32(41-5)36-30(24)27/h6-13,15-16H,14H2,1-5H3. The van der Waals surface area contributed by atoms with Crippen LogP contribution in [-0.2, 0) is 13.5 Å². The van der Waals surface area contributed by atoms with Crippen LogP contribution in [0.25, 0.3) is 22.2 Å². The summed E-state index contributed by atoms with van der Waals surface area (Å²) >= 11 is 0. The van der Waals surface area contributed by atoms with E-state index >= 15 is 4.39 Å². The smallest absolute Gasteiger partial charge is 0.257 e. The molecular weight excluding hydrogens is 544 g/mol. The van der Waals surface area contributed by atoms with E-state index < -0.39 is 22.8 Å². The largest absolute Gasteiger partial charge is 0.491 e. The molecule has 0 saturated heterocycles. The second-order valence-electron chi connectivity index (χ2n) is 9.75. The molecule has 0 fully saturated rings. The third kappa shape index (κ3) is 5.30. The van der Waals surface area contributed by atoms with Crippen molar-refractivity contribution < 1.29 is 27.8 Å². The van der Waals surface area contributed by atoms with Gasteiger partial charge in [0.25, 0.3) is 5.88 Å². The average molecular weight is 572 g/mol. The third-order valence-electron chi connectivity index (χ3n) is 7.05. The van der Waals surface area contributed by atoms with E-state index in [4.69, 9.17) is 14.2 Å². The molecule has 8 nitrogen and oxygen atoms in total. The maximum Gasteiger partial charge on any atom is 0.257 e. The molecule has 10 heteroatoms. The number of ether oxygens (including phenoxy) is 3. The van der Waals surface area contributed by atoms with Crippen molar-refractivity contribution >= 4 is 16.8 Å². The number of Topliss-reactive ketones (excluding diaryl/α,β-unsaturated/α-hetero) is 1. The van der Waals surface area contributed by atoms with Gasteiger partial charge in [-0.05, 0) is 54.8 Å². The quantitative estimate of drug-likeness (QED) is 0.207. The molecule has 3 aromatic heterocycles. The summed E-state index contributed by atoms with van der Waals surface area (Å²) in [5.74, 6) is -0.831. The van der Waals surface area contributed by atoms with Gasteiger partial charge in [-0.25, -0.2) is 13.8 Å². The molecule has 42 heavy (non-hydrogen) atoms. The number of rotatable bonds is 8. The Kier molecular flexibility index (Phi) is 7.71. The summed E-state index contributed by atoms with van der Waals surface area (Å²) in [6, 6.07) is 11.5. The Morgan fingerprint density at radius 1 is 0.952 bits per heavy atom. The van der Waals surface area contributed by atoms with Gasteiger partial charge in [0.1, 0.15) is 11.3 Å². The van der Waals surface area contributed by atoms with Gasteiger partial charge in [0.2, 0.25) is 0 Å². The molecule has 2 aromatic carbocycles. The highest BCUT2D eigenvalue weighted by molar-refractivity contribution is 5.98. The van der Waals surface area contributed by atoms with Crippen molar-refractivity contribution in [1.29, 1.82) is 0 Å². The van der Waals surface area contributed by atoms with Crippen LogP contribution in [0.4, 0.5) is 8.78 Å². The summed E-state index contributed by atoms with van der Waals surface area (Å²) in [5, 5.41) is 0. The number of fused-ring (bicyclic) bond motifs is 1. The summed E-state index contributed by atoms with van der Waals surface area (Å²) in [6.07, 6.45) is 2.76. The van der Waals surface area contributed by atoms with Crippen LogP contribution in [0.1, 0.15) is 27.2 Å². The Balaban J connectivity index is 1.43. The van der Waals surface area contributed by atoms with Crippen LogP contribution < -0.4 is 19.6 Å². The molecular formula is C32H27F2N3O5. The summed E-state index contributed by atoms with van der Waals surface area (Å²) in [5.41, 5.74) is 2.74. The SMILES string of the molecule is COc1cc2nccc(Oc3ccc(CC(=O)c4cn(C)c(C)c(-c5ccc(F)cc5C)c4=O)cc3F)c2nc1OC. The minimum Gasteiger partial charge on any atom is -0.491 e.